The third-order valence-corrected chi connectivity index (χ3v) is 5.06. The van der Waals surface area contributed by atoms with Gasteiger partial charge >= 0.3 is 12.4 Å². The second-order valence-electron chi connectivity index (χ2n) is 6.04. The van der Waals surface area contributed by atoms with E-state index in [2.05, 4.69) is 5.32 Å². The van der Waals surface area contributed by atoms with Crippen molar-refractivity contribution >= 4 is 11.3 Å². The van der Waals surface area contributed by atoms with Crippen molar-refractivity contribution in [1.82, 2.24) is 10.2 Å². The lowest BCUT2D eigenvalue weighted by Gasteiger charge is -2.36. The number of halogens is 6. The predicted octanol–water partition coefficient (Wildman–Crippen LogP) is 4.78. The van der Waals surface area contributed by atoms with Crippen LogP contribution in [-0.4, -0.2) is 31.1 Å². The number of hydrogen-bond donors (Lipinski definition) is 1. The Labute approximate surface area is 150 Å². The van der Waals surface area contributed by atoms with E-state index in [0.717, 1.165) is 0 Å². The van der Waals surface area contributed by atoms with Gasteiger partial charge in [0.15, 0.2) is 0 Å². The summed E-state index contributed by atoms with van der Waals surface area (Å²) in [6.07, 6.45) is -9.44. The highest BCUT2D eigenvalue weighted by Crippen LogP contribution is 2.42. The van der Waals surface area contributed by atoms with Crippen LogP contribution < -0.4 is 5.32 Å². The summed E-state index contributed by atoms with van der Waals surface area (Å²) >= 11 is 1.30. The molecule has 1 aromatic heterocycles. The second kappa shape index (κ2) is 7.21. The Kier molecular flexibility index (Phi) is 5.32. The average Bonchev–Trinajstić information content (AvgIpc) is 3.08. The molecule has 1 aliphatic rings. The van der Waals surface area contributed by atoms with Crippen molar-refractivity contribution in [1.29, 1.82) is 0 Å². The van der Waals surface area contributed by atoms with Crippen LogP contribution >= 0.6 is 11.3 Å². The van der Waals surface area contributed by atoms with E-state index in [1.807, 2.05) is 0 Å². The van der Waals surface area contributed by atoms with Crippen LogP contribution in [-0.2, 0) is 12.4 Å². The van der Waals surface area contributed by atoms with Crippen LogP contribution in [0.1, 0.15) is 28.3 Å². The average molecular weight is 394 g/mol. The third kappa shape index (κ3) is 4.05. The monoisotopic (exact) mass is 394 g/mol. The van der Waals surface area contributed by atoms with Crippen molar-refractivity contribution in [3.8, 4) is 0 Å². The van der Waals surface area contributed by atoms with Crippen LogP contribution in [0.4, 0.5) is 26.3 Å². The van der Waals surface area contributed by atoms with Crippen molar-refractivity contribution in [3.05, 3.63) is 57.3 Å². The first-order valence-corrected chi connectivity index (χ1v) is 8.87. The molecule has 0 spiro atoms. The zero-order valence-electron chi connectivity index (χ0n) is 13.5. The Hall–Kier alpha value is -1.58. The minimum atomic E-state index is -4.73. The molecule has 1 fully saturated rings. The highest BCUT2D eigenvalue weighted by atomic mass is 32.1. The summed E-state index contributed by atoms with van der Waals surface area (Å²) in [5.41, 5.74) is -1.88. The van der Waals surface area contributed by atoms with Gasteiger partial charge in [0, 0.05) is 26.2 Å². The van der Waals surface area contributed by atoms with E-state index in [1.165, 1.54) is 11.3 Å². The summed E-state index contributed by atoms with van der Waals surface area (Å²) in [6, 6.07) is 2.47. The molecule has 1 atom stereocenters. The molecule has 2 nitrogen and oxygen atoms in total. The van der Waals surface area contributed by atoms with Crippen molar-refractivity contribution in [2.45, 2.75) is 18.4 Å². The first kappa shape index (κ1) is 19.2. The lowest BCUT2D eigenvalue weighted by Crippen LogP contribution is -2.45. The number of rotatable bonds is 3. The van der Waals surface area contributed by atoms with E-state index in [-0.39, 0.29) is 5.56 Å². The van der Waals surface area contributed by atoms with E-state index >= 15 is 0 Å². The van der Waals surface area contributed by atoms with Gasteiger partial charge in [-0.1, -0.05) is 0 Å². The zero-order chi connectivity index (χ0) is 18.9. The highest BCUT2D eigenvalue weighted by molar-refractivity contribution is 7.08. The van der Waals surface area contributed by atoms with Gasteiger partial charge in [0.2, 0.25) is 0 Å². The number of thiophene rings is 1. The van der Waals surface area contributed by atoms with Crippen LogP contribution in [0.2, 0.25) is 0 Å². The zero-order valence-corrected chi connectivity index (χ0v) is 14.3. The summed E-state index contributed by atoms with van der Waals surface area (Å²) in [4.78, 5) is 1.79. The van der Waals surface area contributed by atoms with Crippen molar-refractivity contribution < 1.29 is 26.3 Å². The largest absolute Gasteiger partial charge is 0.416 e. The maximum Gasteiger partial charge on any atom is 0.416 e. The topological polar surface area (TPSA) is 15.3 Å². The molecule has 1 aliphatic heterocycles. The Morgan fingerprint density at radius 1 is 0.962 bits per heavy atom. The minimum absolute atomic E-state index is 0.354. The molecule has 0 saturated carbocycles. The Morgan fingerprint density at radius 3 is 2.19 bits per heavy atom. The Morgan fingerprint density at radius 2 is 1.65 bits per heavy atom. The molecule has 0 aliphatic carbocycles. The van der Waals surface area contributed by atoms with Gasteiger partial charge in [-0.25, -0.2) is 0 Å². The molecule has 1 saturated heterocycles. The van der Waals surface area contributed by atoms with E-state index in [4.69, 9.17) is 0 Å². The fraction of sp³-hybridized carbons (Fsp3) is 0.412. The number of nitrogens with zero attached hydrogens (tertiary/aromatic N) is 1. The Bertz CT molecular complexity index is 733. The molecule has 1 aromatic carbocycles. The maximum absolute atomic E-state index is 13.5. The molecular weight excluding hydrogens is 378 g/mol. The molecular formula is C17H16F6N2S. The van der Waals surface area contributed by atoms with E-state index in [1.54, 1.807) is 21.7 Å². The molecule has 0 amide bonds. The fourth-order valence-corrected chi connectivity index (χ4v) is 3.86. The number of benzene rings is 1. The minimum Gasteiger partial charge on any atom is -0.314 e. The smallest absolute Gasteiger partial charge is 0.314 e. The lowest BCUT2D eigenvalue weighted by molar-refractivity contribution is -0.142. The SMILES string of the molecule is FC(F)(F)c1ccc(C(F)(F)F)c([C@H](c2ccsc2)N2CCNCC2)c1. The van der Waals surface area contributed by atoms with Gasteiger partial charge < -0.3 is 5.32 Å². The molecule has 142 valence electrons. The van der Waals surface area contributed by atoms with Gasteiger partial charge in [-0.2, -0.15) is 37.7 Å². The van der Waals surface area contributed by atoms with Gasteiger partial charge in [0.25, 0.3) is 0 Å². The van der Waals surface area contributed by atoms with Gasteiger partial charge in [0.05, 0.1) is 17.2 Å². The first-order chi connectivity index (χ1) is 12.2. The summed E-state index contributed by atoms with van der Waals surface area (Å²) < 4.78 is 80.0. The molecule has 9 heteroatoms. The van der Waals surface area contributed by atoms with Crippen molar-refractivity contribution in [2.24, 2.45) is 0 Å². The van der Waals surface area contributed by atoms with Gasteiger partial charge in [-0.15, -0.1) is 0 Å². The summed E-state index contributed by atoms with van der Waals surface area (Å²) in [5, 5.41) is 6.51. The first-order valence-electron chi connectivity index (χ1n) is 7.93. The van der Waals surface area contributed by atoms with E-state index in [9.17, 15) is 26.3 Å². The van der Waals surface area contributed by atoms with Crippen molar-refractivity contribution in [3.63, 3.8) is 0 Å². The van der Waals surface area contributed by atoms with E-state index < -0.39 is 29.5 Å². The van der Waals surface area contributed by atoms with Crippen LogP contribution in [0.25, 0.3) is 0 Å². The van der Waals surface area contributed by atoms with Crippen molar-refractivity contribution in [2.75, 3.05) is 26.2 Å². The van der Waals surface area contributed by atoms with Crippen LogP contribution in [0, 0.1) is 0 Å². The number of piperazine rings is 1. The molecule has 0 unspecified atom stereocenters. The van der Waals surface area contributed by atoms with Gasteiger partial charge in [0.1, 0.15) is 0 Å². The normalized spacial score (nSPS) is 18.1. The summed E-state index contributed by atoms with van der Waals surface area (Å²) in [7, 11) is 0. The van der Waals surface area contributed by atoms with Crippen LogP contribution in [0.3, 0.4) is 0 Å². The number of alkyl halides is 6. The van der Waals surface area contributed by atoms with Crippen LogP contribution in [0.5, 0.6) is 0 Å². The molecule has 2 heterocycles. The molecule has 0 radical (unpaired) electrons. The standard InChI is InChI=1S/C17H16F6N2S/c18-16(19,20)12-1-2-14(17(21,22)23)13(9-12)15(11-3-8-26-10-11)25-6-4-24-5-7-25/h1-3,8-10,15,24H,4-7H2/t15-/m0/s1. The quantitative estimate of drug-likeness (QED) is 0.754. The van der Waals surface area contributed by atoms with Crippen LogP contribution in [0.15, 0.2) is 35.0 Å². The highest BCUT2D eigenvalue weighted by Gasteiger charge is 2.40. The van der Waals surface area contributed by atoms with Gasteiger partial charge in [-0.05, 0) is 46.2 Å². The summed E-state index contributed by atoms with van der Waals surface area (Å²) in [5.74, 6) is 0. The maximum atomic E-state index is 13.5. The number of nitrogens with one attached hydrogen (secondary N) is 1. The fourth-order valence-electron chi connectivity index (χ4n) is 3.18. The molecule has 26 heavy (non-hydrogen) atoms. The molecule has 3 rings (SSSR count). The number of hydrogen-bond acceptors (Lipinski definition) is 3. The summed E-state index contributed by atoms with van der Waals surface area (Å²) in [6.45, 7) is 2.05. The third-order valence-electron chi connectivity index (χ3n) is 4.35. The predicted molar refractivity (Wildman–Crippen MR) is 87.1 cm³/mol. The Balaban J connectivity index is 2.17. The molecule has 2 aromatic rings. The molecule has 0 bridgehead atoms. The van der Waals surface area contributed by atoms with Gasteiger partial charge in [-0.3, -0.25) is 4.90 Å². The van der Waals surface area contributed by atoms with E-state index in [0.29, 0.717) is 49.9 Å². The lowest BCUT2D eigenvalue weighted by atomic mass is 9.92. The second-order valence-corrected chi connectivity index (χ2v) is 6.82. The molecule has 1 N–H and O–H groups in total.